The molecular formula is C22H20N2O. The van der Waals surface area contributed by atoms with Crippen molar-refractivity contribution in [3.05, 3.63) is 95.9 Å². The molecule has 0 saturated carbocycles. The van der Waals surface area contributed by atoms with Gasteiger partial charge in [0, 0.05) is 11.5 Å². The molecule has 0 radical (unpaired) electrons. The molecule has 2 unspecified atom stereocenters. The lowest BCUT2D eigenvalue weighted by Crippen LogP contribution is -2.11. The van der Waals surface area contributed by atoms with Gasteiger partial charge in [-0.25, -0.2) is 0 Å². The van der Waals surface area contributed by atoms with Crippen molar-refractivity contribution in [1.82, 2.24) is 5.16 Å². The van der Waals surface area contributed by atoms with E-state index in [-0.39, 0.29) is 11.8 Å². The summed E-state index contributed by atoms with van der Waals surface area (Å²) in [6, 6.07) is 22.6. The summed E-state index contributed by atoms with van der Waals surface area (Å²) >= 11 is 0. The van der Waals surface area contributed by atoms with Gasteiger partial charge in [0.05, 0.1) is 18.2 Å². The summed E-state index contributed by atoms with van der Waals surface area (Å²) in [5, 5.41) is 13.7. The Morgan fingerprint density at radius 2 is 1.68 bits per heavy atom. The van der Waals surface area contributed by atoms with Crippen molar-refractivity contribution >= 4 is 5.57 Å². The maximum atomic E-state index is 9.90. The Labute approximate surface area is 148 Å². The highest BCUT2D eigenvalue weighted by molar-refractivity contribution is 5.65. The van der Waals surface area contributed by atoms with Crippen LogP contribution >= 0.6 is 0 Å². The van der Waals surface area contributed by atoms with Crippen molar-refractivity contribution in [3.63, 3.8) is 0 Å². The fourth-order valence-corrected chi connectivity index (χ4v) is 3.20. The van der Waals surface area contributed by atoms with Gasteiger partial charge in [-0.2, -0.15) is 5.26 Å². The highest BCUT2D eigenvalue weighted by atomic mass is 16.5. The lowest BCUT2D eigenvalue weighted by atomic mass is 9.78. The van der Waals surface area contributed by atoms with E-state index in [0.29, 0.717) is 6.42 Å². The van der Waals surface area contributed by atoms with E-state index in [0.717, 1.165) is 28.0 Å². The van der Waals surface area contributed by atoms with Crippen LogP contribution < -0.4 is 0 Å². The van der Waals surface area contributed by atoms with E-state index in [1.807, 2.05) is 55.5 Å². The number of rotatable bonds is 6. The molecule has 0 saturated heterocycles. The molecule has 3 nitrogen and oxygen atoms in total. The van der Waals surface area contributed by atoms with Crippen molar-refractivity contribution in [2.45, 2.75) is 25.2 Å². The number of allylic oxidation sites excluding steroid dienone is 1. The molecule has 0 aliphatic heterocycles. The Morgan fingerprint density at radius 3 is 2.20 bits per heavy atom. The van der Waals surface area contributed by atoms with Gasteiger partial charge in [-0.3, -0.25) is 0 Å². The molecule has 2 atom stereocenters. The maximum Gasteiger partial charge on any atom is 0.141 e. The molecule has 0 spiro atoms. The summed E-state index contributed by atoms with van der Waals surface area (Å²) in [6.07, 6.45) is 2.36. The van der Waals surface area contributed by atoms with Gasteiger partial charge in [0.2, 0.25) is 0 Å². The predicted molar refractivity (Wildman–Crippen MR) is 98.9 cm³/mol. The number of hydrogen-bond acceptors (Lipinski definition) is 3. The summed E-state index contributed by atoms with van der Waals surface area (Å²) in [4.78, 5) is 0. The van der Waals surface area contributed by atoms with Crippen molar-refractivity contribution in [3.8, 4) is 6.07 Å². The number of nitriles is 1. The summed E-state index contributed by atoms with van der Waals surface area (Å²) in [5.74, 6) is 0.515. The molecule has 0 amide bonds. The SMILES string of the molecule is C=C(CC(c1ccccc1)C(C#N)c1ccccc1)c1cnoc1C. The zero-order valence-corrected chi connectivity index (χ0v) is 14.2. The zero-order valence-electron chi connectivity index (χ0n) is 14.2. The van der Waals surface area contributed by atoms with Crippen LogP contribution in [0.15, 0.2) is 78.0 Å². The summed E-state index contributed by atoms with van der Waals surface area (Å²) < 4.78 is 5.17. The highest BCUT2D eigenvalue weighted by Gasteiger charge is 2.26. The molecule has 0 aliphatic rings. The van der Waals surface area contributed by atoms with Crippen LogP contribution in [0.25, 0.3) is 5.57 Å². The number of hydrogen-bond donors (Lipinski definition) is 0. The lowest BCUT2D eigenvalue weighted by Gasteiger charge is -2.24. The molecule has 0 bridgehead atoms. The fraction of sp³-hybridized carbons (Fsp3) is 0.182. The summed E-state index contributed by atoms with van der Waals surface area (Å²) in [7, 11) is 0. The molecule has 2 aromatic carbocycles. The maximum absolute atomic E-state index is 9.90. The van der Waals surface area contributed by atoms with Gasteiger partial charge in [-0.05, 0) is 30.0 Å². The molecular weight excluding hydrogens is 308 g/mol. The topological polar surface area (TPSA) is 49.8 Å². The average Bonchev–Trinajstić information content (AvgIpc) is 3.09. The largest absolute Gasteiger partial charge is 0.361 e. The van der Waals surface area contributed by atoms with E-state index >= 15 is 0 Å². The Balaban J connectivity index is 1.97. The van der Waals surface area contributed by atoms with Crippen molar-refractivity contribution in [1.29, 1.82) is 5.26 Å². The molecule has 0 aliphatic carbocycles. The summed E-state index contributed by atoms with van der Waals surface area (Å²) in [5.41, 5.74) is 4.01. The van der Waals surface area contributed by atoms with Gasteiger partial charge >= 0.3 is 0 Å². The second kappa shape index (κ2) is 7.63. The Kier molecular flexibility index (Phi) is 5.11. The van der Waals surface area contributed by atoms with Crippen LogP contribution in [0, 0.1) is 18.3 Å². The second-order valence-corrected chi connectivity index (χ2v) is 6.14. The zero-order chi connectivity index (χ0) is 17.6. The van der Waals surface area contributed by atoms with Gasteiger partial charge in [0.15, 0.2) is 0 Å². The molecule has 0 fully saturated rings. The Morgan fingerprint density at radius 1 is 1.08 bits per heavy atom. The van der Waals surface area contributed by atoms with Crippen LogP contribution in [-0.2, 0) is 0 Å². The quantitative estimate of drug-likeness (QED) is 0.602. The summed E-state index contributed by atoms with van der Waals surface area (Å²) in [6.45, 7) is 6.10. The first kappa shape index (κ1) is 16.7. The first-order valence-electron chi connectivity index (χ1n) is 8.29. The minimum Gasteiger partial charge on any atom is -0.361 e. The second-order valence-electron chi connectivity index (χ2n) is 6.14. The first-order valence-corrected chi connectivity index (χ1v) is 8.29. The Bertz CT molecular complexity index is 875. The minimum absolute atomic E-state index is 0.00963. The third-order valence-electron chi connectivity index (χ3n) is 4.53. The minimum atomic E-state index is -0.250. The fourth-order valence-electron chi connectivity index (χ4n) is 3.20. The van der Waals surface area contributed by atoms with E-state index in [1.165, 1.54) is 0 Å². The number of nitrogens with zero attached hydrogens (tertiary/aromatic N) is 2. The van der Waals surface area contributed by atoms with Crippen LogP contribution in [0.2, 0.25) is 0 Å². The number of aromatic nitrogens is 1. The van der Waals surface area contributed by atoms with Crippen molar-refractivity contribution in [2.75, 3.05) is 0 Å². The van der Waals surface area contributed by atoms with Crippen LogP contribution in [0.5, 0.6) is 0 Å². The van der Waals surface area contributed by atoms with E-state index in [4.69, 9.17) is 4.52 Å². The standard InChI is InChI=1S/C22H20N2O/c1-16(22-15-24-25-17(22)2)13-20(18-9-5-3-6-10-18)21(14-23)19-11-7-4-8-12-19/h3-12,15,20-21H,1,13H2,2H3. The molecule has 1 aromatic heterocycles. The van der Waals surface area contributed by atoms with E-state index < -0.39 is 0 Å². The normalized spacial score (nSPS) is 13.0. The molecule has 25 heavy (non-hydrogen) atoms. The lowest BCUT2D eigenvalue weighted by molar-refractivity contribution is 0.397. The molecule has 124 valence electrons. The van der Waals surface area contributed by atoms with Crippen LogP contribution in [0.3, 0.4) is 0 Å². The first-order chi connectivity index (χ1) is 12.2. The third-order valence-corrected chi connectivity index (χ3v) is 4.53. The number of benzene rings is 2. The molecule has 1 heterocycles. The van der Waals surface area contributed by atoms with Crippen LogP contribution in [0.4, 0.5) is 0 Å². The Hall–Kier alpha value is -3.12. The van der Waals surface area contributed by atoms with Gasteiger partial charge in [0.25, 0.3) is 0 Å². The van der Waals surface area contributed by atoms with Crippen LogP contribution in [-0.4, -0.2) is 5.16 Å². The molecule has 3 aromatic rings. The van der Waals surface area contributed by atoms with Gasteiger partial charge in [0.1, 0.15) is 5.76 Å². The predicted octanol–water partition coefficient (Wildman–Crippen LogP) is 5.48. The van der Waals surface area contributed by atoms with E-state index in [9.17, 15) is 5.26 Å². The van der Waals surface area contributed by atoms with E-state index in [2.05, 4.69) is 29.9 Å². The monoisotopic (exact) mass is 328 g/mol. The average molecular weight is 328 g/mol. The number of aryl methyl sites for hydroxylation is 1. The van der Waals surface area contributed by atoms with Crippen LogP contribution in [0.1, 0.15) is 40.7 Å². The smallest absolute Gasteiger partial charge is 0.141 e. The van der Waals surface area contributed by atoms with Gasteiger partial charge < -0.3 is 4.52 Å². The van der Waals surface area contributed by atoms with Crippen molar-refractivity contribution in [2.24, 2.45) is 0 Å². The molecule has 3 heteroatoms. The molecule has 0 N–H and O–H groups in total. The highest BCUT2D eigenvalue weighted by Crippen LogP contribution is 2.39. The van der Waals surface area contributed by atoms with E-state index in [1.54, 1.807) is 6.20 Å². The third kappa shape index (κ3) is 3.70. The molecule has 3 rings (SSSR count). The van der Waals surface area contributed by atoms with Crippen molar-refractivity contribution < 1.29 is 4.52 Å². The van der Waals surface area contributed by atoms with Gasteiger partial charge in [-0.15, -0.1) is 0 Å². The van der Waals surface area contributed by atoms with Gasteiger partial charge in [-0.1, -0.05) is 72.4 Å².